The largest absolute Gasteiger partial charge is 0.316 e. The Morgan fingerprint density at radius 1 is 1.38 bits per heavy atom. The average Bonchev–Trinajstić information content (AvgIpc) is 2.72. The molecule has 1 atom stereocenters. The minimum absolute atomic E-state index is 0.159. The fourth-order valence-electron chi connectivity index (χ4n) is 0.904. The van der Waals surface area contributed by atoms with Crippen molar-refractivity contribution in [3.8, 4) is 0 Å². The van der Waals surface area contributed by atoms with Gasteiger partial charge in [-0.15, -0.1) is 22.7 Å². The molecule has 0 aliphatic rings. The zero-order chi connectivity index (χ0) is 9.26. The molecule has 0 fully saturated rings. The first-order valence-corrected chi connectivity index (χ1v) is 6.31. The fraction of sp³-hybridized carbons (Fsp3) is 0.143. The van der Waals surface area contributed by atoms with E-state index in [2.05, 4.69) is 32.6 Å². The number of halogens is 1. The van der Waals surface area contributed by atoms with Crippen molar-refractivity contribution in [2.45, 2.75) is 6.04 Å². The molecule has 13 heavy (non-hydrogen) atoms. The van der Waals surface area contributed by atoms with Crippen LogP contribution in [0.2, 0.25) is 0 Å². The number of thiazole rings is 2. The highest BCUT2D eigenvalue weighted by molar-refractivity contribution is 14.1. The van der Waals surface area contributed by atoms with Gasteiger partial charge in [-0.3, -0.25) is 0 Å². The molecule has 2 aromatic heterocycles. The number of hydrogen-bond donors (Lipinski definition) is 1. The van der Waals surface area contributed by atoms with Crippen LogP contribution in [0, 0.1) is 2.88 Å². The van der Waals surface area contributed by atoms with Crippen LogP contribution in [0.25, 0.3) is 0 Å². The second kappa shape index (κ2) is 3.99. The van der Waals surface area contributed by atoms with Crippen molar-refractivity contribution in [3.63, 3.8) is 0 Å². The van der Waals surface area contributed by atoms with E-state index in [1.54, 1.807) is 28.9 Å². The quantitative estimate of drug-likeness (QED) is 0.863. The summed E-state index contributed by atoms with van der Waals surface area (Å²) in [4.78, 5) is 8.38. The fourth-order valence-corrected chi connectivity index (χ4v) is 3.09. The minimum Gasteiger partial charge on any atom is -0.316 e. The molecule has 2 aromatic rings. The predicted molar refractivity (Wildman–Crippen MR) is 63.0 cm³/mol. The van der Waals surface area contributed by atoms with Gasteiger partial charge in [0.2, 0.25) is 0 Å². The first-order chi connectivity index (χ1) is 6.27. The lowest BCUT2D eigenvalue weighted by Crippen LogP contribution is -2.10. The van der Waals surface area contributed by atoms with E-state index in [0.717, 1.165) is 12.9 Å². The predicted octanol–water partition coefficient (Wildman–Crippen LogP) is 2.25. The van der Waals surface area contributed by atoms with Crippen LogP contribution in [0.5, 0.6) is 0 Å². The van der Waals surface area contributed by atoms with Crippen LogP contribution >= 0.6 is 45.3 Å². The van der Waals surface area contributed by atoms with Crippen LogP contribution in [-0.4, -0.2) is 9.97 Å². The number of nitrogens with zero attached hydrogens (tertiary/aromatic N) is 2. The Bertz CT molecular complexity index is 384. The molecule has 6 heteroatoms. The summed E-state index contributed by atoms with van der Waals surface area (Å²) in [5.74, 6) is 0. The van der Waals surface area contributed by atoms with Gasteiger partial charge in [-0.25, -0.2) is 9.97 Å². The number of rotatable bonds is 2. The summed E-state index contributed by atoms with van der Waals surface area (Å²) >= 11 is 5.41. The molecule has 0 aromatic carbocycles. The van der Waals surface area contributed by atoms with Crippen LogP contribution in [0.4, 0.5) is 0 Å². The lowest BCUT2D eigenvalue weighted by Gasteiger charge is -2.02. The van der Waals surface area contributed by atoms with E-state index in [4.69, 9.17) is 5.73 Å². The maximum atomic E-state index is 5.97. The summed E-state index contributed by atoms with van der Waals surface area (Å²) in [6.07, 6.45) is 3.59. The van der Waals surface area contributed by atoms with E-state index in [0.29, 0.717) is 0 Å². The zero-order valence-corrected chi connectivity index (χ0v) is 10.3. The molecule has 0 aliphatic heterocycles. The van der Waals surface area contributed by atoms with Crippen LogP contribution in [0.1, 0.15) is 16.1 Å². The Labute approximate surface area is 97.2 Å². The van der Waals surface area contributed by atoms with E-state index < -0.39 is 0 Å². The van der Waals surface area contributed by atoms with Gasteiger partial charge in [0.25, 0.3) is 0 Å². The van der Waals surface area contributed by atoms with Crippen molar-refractivity contribution >= 4 is 45.3 Å². The topological polar surface area (TPSA) is 51.8 Å². The van der Waals surface area contributed by atoms with Crippen molar-refractivity contribution in [2.75, 3.05) is 0 Å². The van der Waals surface area contributed by atoms with Gasteiger partial charge in [-0.1, -0.05) is 0 Å². The zero-order valence-electron chi connectivity index (χ0n) is 6.48. The smallest absolute Gasteiger partial charge is 0.117 e. The molecule has 3 nitrogen and oxygen atoms in total. The van der Waals surface area contributed by atoms with Crippen LogP contribution in [-0.2, 0) is 0 Å². The first kappa shape index (κ1) is 9.50. The second-order valence-corrected chi connectivity index (χ2v) is 6.23. The van der Waals surface area contributed by atoms with Gasteiger partial charge in [0.05, 0.1) is 9.08 Å². The summed E-state index contributed by atoms with van der Waals surface area (Å²) in [7, 11) is 0. The highest BCUT2D eigenvalue weighted by Gasteiger charge is 2.14. The third kappa shape index (κ3) is 2.06. The highest BCUT2D eigenvalue weighted by atomic mass is 127. The van der Waals surface area contributed by atoms with E-state index in [1.807, 2.05) is 11.6 Å². The van der Waals surface area contributed by atoms with E-state index in [1.165, 1.54) is 0 Å². The second-order valence-electron chi connectivity index (χ2n) is 2.35. The molecule has 0 saturated heterocycles. The number of hydrogen-bond acceptors (Lipinski definition) is 5. The van der Waals surface area contributed by atoms with Gasteiger partial charge in [-0.05, 0) is 22.6 Å². The summed E-state index contributed by atoms with van der Waals surface area (Å²) < 4.78 is 1.15. The van der Waals surface area contributed by atoms with Gasteiger partial charge < -0.3 is 5.73 Å². The summed E-state index contributed by atoms with van der Waals surface area (Å²) in [5, 5.41) is 3.78. The lowest BCUT2D eigenvalue weighted by molar-refractivity contribution is 0.845. The third-order valence-corrected chi connectivity index (χ3v) is 4.15. The third-order valence-electron chi connectivity index (χ3n) is 1.48. The first-order valence-electron chi connectivity index (χ1n) is 3.53. The highest BCUT2D eigenvalue weighted by Crippen LogP contribution is 2.25. The maximum absolute atomic E-state index is 5.97. The van der Waals surface area contributed by atoms with Crippen LogP contribution in [0.15, 0.2) is 17.8 Å². The summed E-state index contributed by atoms with van der Waals surface area (Å²) in [6.45, 7) is 0. The SMILES string of the molecule is NC(c1nccs1)c1ncc(I)s1. The Balaban J connectivity index is 2.28. The molecule has 0 spiro atoms. The van der Waals surface area contributed by atoms with Crippen LogP contribution in [0.3, 0.4) is 0 Å². The van der Waals surface area contributed by atoms with E-state index in [-0.39, 0.29) is 6.04 Å². The molecule has 2 heterocycles. The molecule has 68 valence electrons. The molecule has 2 N–H and O–H groups in total. The molecule has 0 radical (unpaired) electrons. The van der Waals surface area contributed by atoms with Crippen LogP contribution < -0.4 is 5.73 Å². The van der Waals surface area contributed by atoms with Crippen molar-refractivity contribution in [1.29, 1.82) is 0 Å². The van der Waals surface area contributed by atoms with Gasteiger partial charge >= 0.3 is 0 Å². The maximum Gasteiger partial charge on any atom is 0.117 e. The van der Waals surface area contributed by atoms with E-state index in [9.17, 15) is 0 Å². The normalized spacial score (nSPS) is 13.1. The molecule has 0 amide bonds. The summed E-state index contributed by atoms with van der Waals surface area (Å²) in [6, 6.07) is -0.159. The molecule has 2 rings (SSSR count). The monoisotopic (exact) mass is 323 g/mol. The number of aromatic nitrogens is 2. The van der Waals surface area contributed by atoms with Gasteiger partial charge in [0, 0.05) is 11.6 Å². The lowest BCUT2D eigenvalue weighted by atomic mass is 10.3. The Kier molecular flexibility index (Phi) is 2.92. The van der Waals surface area contributed by atoms with Gasteiger partial charge in [0.1, 0.15) is 16.1 Å². The average molecular weight is 323 g/mol. The molecule has 0 aliphatic carbocycles. The molecule has 1 unspecified atom stereocenters. The molecule has 0 saturated carbocycles. The van der Waals surface area contributed by atoms with Gasteiger partial charge in [0.15, 0.2) is 0 Å². The Hall–Kier alpha value is -0.0500. The molecular formula is C7H6IN3S2. The summed E-state index contributed by atoms with van der Waals surface area (Å²) in [5.41, 5.74) is 5.97. The van der Waals surface area contributed by atoms with Crippen molar-refractivity contribution in [3.05, 3.63) is 30.7 Å². The Morgan fingerprint density at radius 2 is 2.23 bits per heavy atom. The van der Waals surface area contributed by atoms with Crippen molar-refractivity contribution in [1.82, 2.24) is 9.97 Å². The van der Waals surface area contributed by atoms with Gasteiger partial charge in [-0.2, -0.15) is 0 Å². The molecule has 0 bridgehead atoms. The van der Waals surface area contributed by atoms with E-state index >= 15 is 0 Å². The van der Waals surface area contributed by atoms with Crippen molar-refractivity contribution < 1.29 is 0 Å². The Morgan fingerprint density at radius 3 is 2.77 bits per heavy atom. The van der Waals surface area contributed by atoms with Crippen molar-refractivity contribution in [2.24, 2.45) is 5.73 Å². The number of nitrogens with two attached hydrogens (primary N) is 1. The molecular weight excluding hydrogens is 317 g/mol. The minimum atomic E-state index is -0.159. The standard InChI is InChI=1S/C7H6IN3S2/c8-4-3-11-7(13-4)5(9)6-10-1-2-12-6/h1-3,5H,9H2.